The summed E-state index contributed by atoms with van der Waals surface area (Å²) in [5.41, 5.74) is 0.301. The number of hydrogen-bond donors (Lipinski definition) is 1. The molecule has 0 spiro atoms. The van der Waals surface area contributed by atoms with Crippen LogP contribution in [0.1, 0.15) is 36.3 Å². The van der Waals surface area contributed by atoms with Gasteiger partial charge in [0.05, 0.1) is 6.04 Å². The smallest absolute Gasteiger partial charge is 0.354 e. The molecule has 2 heterocycles. The summed E-state index contributed by atoms with van der Waals surface area (Å²) in [5, 5.41) is 13.1. The number of aromatic nitrogens is 2. The third-order valence-corrected chi connectivity index (χ3v) is 3.24. The van der Waals surface area contributed by atoms with Gasteiger partial charge in [-0.3, -0.25) is 4.68 Å². The highest BCUT2D eigenvalue weighted by molar-refractivity contribution is 5.85. The molecule has 2 rings (SSSR count). The lowest BCUT2D eigenvalue weighted by molar-refractivity contribution is 0.0675. The van der Waals surface area contributed by atoms with E-state index in [1.165, 1.54) is 0 Å². The molecule has 16 heavy (non-hydrogen) atoms. The first-order valence-electron chi connectivity index (χ1n) is 5.71. The molecule has 1 aromatic heterocycles. The molecule has 1 aliphatic rings. The molecule has 1 saturated heterocycles. The highest BCUT2D eigenvalue weighted by Crippen LogP contribution is 2.22. The lowest BCUT2D eigenvalue weighted by Gasteiger charge is -2.31. The summed E-state index contributed by atoms with van der Waals surface area (Å²) in [4.78, 5) is 13.4. The number of hydrogen-bond acceptors (Lipinski definition) is 3. The summed E-state index contributed by atoms with van der Waals surface area (Å²) < 4.78 is 1.66. The number of carbonyl (C=O) groups is 1. The molecule has 0 atom stereocenters. The van der Waals surface area contributed by atoms with Gasteiger partial charge in [0.15, 0.2) is 0 Å². The molecule has 1 N–H and O–H groups in total. The molecule has 0 radical (unpaired) electrons. The molecule has 0 aliphatic carbocycles. The van der Waals surface area contributed by atoms with Crippen molar-refractivity contribution in [3.63, 3.8) is 0 Å². The summed E-state index contributed by atoms with van der Waals surface area (Å²) in [6.45, 7) is 5.27. The molecule has 1 aliphatic heterocycles. The van der Waals surface area contributed by atoms with Gasteiger partial charge in [0.2, 0.25) is 0 Å². The second-order valence-corrected chi connectivity index (χ2v) is 4.13. The fraction of sp³-hybridized carbons (Fsp3) is 0.636. The first-order chi connectivity index (χ1) is 7.72. The normalized spacial score (nSPS) is 18.8. The first kappa shape index (κ1) is 11.1. The van der Waals surface area contributed by atoms with Crippen molar-refractivity contribution in [2.24, 2.45) is 0 Å². The number of rotatable bonds is 3. The standard InChI is InChI=1S/C11H17N3O2/c1-2-13-7-4-9(5-8-13)14-10(11(15)16)3-6-12-14/h3,6,9H,2,4-5,7-8H2,1H3,(H,15,16). The maximum Gasteiger partial charge on any atom is 0.354 e. The first-order valence-corrected chi connectivity index (χ1v) is 5.71. The Balaban J connectivity index is 2.08. The molecule has 5 nitrogen and oxygen atoms in total. The third-order valence-electron chi connectivity index (χ3n) is 3.24. The van der Waals surface area contributed by atoms with Crippen molar-refractivity contribution in [3.8, 4) is 0 Å². The lowest BCUT2D eigenvalue weighted by atomic mass is 10.1. The minimum absolute atomic E-state index is 0.240. The third kappa shape index (κ3) is 2.09. The number of carboxylic acids is 1. The van der Waals surface area contributed by atoms with Gasteiger partial charge >= 0.3 is 5.97 Å². The van der Waals surface area contributed by atoms with E-state index in [1.54, 1.807) is 16.9 Å². The topological polar surface area (TPSA) is 58.4 Å². The quantitative estimate of drug-likeness (QED) is 0.837. The fourth-order valence-electron chi connectivity index (χ4n) is 2.25. The number of likely N-dealkylation sites (tertiary alicyclic amines) is 1. The molecular weight excluding hydrogens is 206 g/mol. The molecule has 0 aromatic carbocycles. The molecule has 0 bridgehead atoms. The molecule has 1 fully saturated rings. The zero-order valence-electron chi connectivity index (χ0n) is 9.46. The molecule has 0 amide bonds. The van der Waals surface area contributed by atoms with Crippen molar-refractivity contribution < 1.29 is 9.90 Å². The van der Waals surface area contributed by atoms with Crippen molar-refractivity contribution in [3.05, 3.63) is 18.0 Å². The predicted octanol–water partition coefficient (Wildman–Crippen LogP) is 1.24. The van der Waals surface area contributed by atoms with Crippen LogP contribution in [-0.4, -0.2) is 45.4 Å². The van der Waals surface area contributed by atoms with Crippen molar-refractivity contribution in [2.75, 3.05) is 19.6 Å². The van der Waals surface area contributed by atoms with Crippen LogP contribution in [0.25, 0.3) is 0 Å². The van der Waals surface area contributed by atoms with Crippen LogP contribution in [-0.2, 0) is 0 Å². The average Bonchev–Trinajstić information content (AvgIpc) is 2.78. The zero-order chi connectivity index (χ0) is 11.5. The Morgan fingerprint density at radius 1 is 1.56 bits per heavy atom. The Morgan fingerprint density at radius 3 is 2.81 bits per heavy atom. The van der Waals surface area contributed by atoms with Gasteiger partial charge in [-0.05, 0) is 25.5 Å². The summed E-state index contributed by atoms with van der Waals surface area (Å²) in [5.74, 6) is -0.893. The van der Waals surface area contributed by atoms with Crippen LogP contribution in [0.3, 0.4) is 0 Å². The van der Waals surface area contributed by atoms with Gasteiger partial charge in [0.25, 0.3) is 0 Å². The summed E-state index contributed by atoms with van der Waals surface area (Å²) >= 11 is 0. The Hall–Kier alpha value is -1.36. The largest absolute Gasteiger partial charge is 0.477 e. The lowest BCUT2D eigenvalue weighted by Crippen LogP contribution is -2.35. The van der Waals surface area contributed by atoms with E-state index >= 15 is 0 Å². The van der Waals surface area contributed by atoms with Gasteiger partial charge in [0, 0.05) is 19.3 Å². The minimum atomic E-state index is -0.893. The maximum atomic E-state index is 11.0. The minimum Gasteiger partial charge on any atom is -0.477 e. The van der Waals surface area contributed by atoms with Crippen LogP contribution in [0.2, 0.25) is 0 Å². The van der Waals surface area contributed by atoms with E-state index in [2.05, 4.69) is 16.9 Å². The predicted molar refractivity (Wildman–Crippen MR) is 59.6 cm³/mol. The van der Waals surface area contributed by atoms with Gasteiger partial charge in [-0.15, -0.1) is 0 Å². The monoisotopic (exact) mass is 223 g/mol. The van der Waals surface area contributed by atoms with E-state index in [0.717, 1.165) is 32.5 Å². The molecule has 0 unspecified atom stereocenters. The van der Waals surface area contributed by atoms with Gasteiger partial charge in [-0.1, -0.05) is 6.92 Å². The zero-order valence-corrected chi connectivity index (χ0v) is 9.46. The van der Waals surface area contributed by atoms with Crippen molar-refractivity contribution in [1.29, 1.82) is 0 Å². The number of piperidine rings is 1. The van der Waals surface area contributed by atoms with E-state index in [0.29, 0.717) is 5.69 Å². The highest BCUT2D eigenvalue weighted by atomic mass is 16.4. The van der Waals surface area contributed by atoms with Crippen LogP contribution in [0.5, 0.6) is 0 Å². The Bertz CT molecular complexity index is 367. The molecular formula is C11H17N3O2. The Kier molecular flexibility index (Phi) is 3.24. The summed E-state index contributed by atoms with van der Waals surface area (Å²) in [7, 11) is 0. The van der Waals surface area contributed by atoms with Crippen LogP contribution >= 0.6 is 0 Å². The molecule has 88 valence electrons. The van der Waals surface area contributed by atoms with Crippen LogP contribution in [0.15, 0.2) is 12.3 Å². The number of aromatic carboxylic acids is 1. The maximum absolute atomic E-state index is 11.0. The van der Waals surface area contributed by atoms with Gasteiger partial charge in [-0.25, -0.2) is 4.79 Å². The highest BCUT2D eigenvalue weighted by Gasteiger charge is 2.23. The van der Waals surface area contributed by atoms with Crippen LogP contribution in [0, 0.1) is 0 Å². The van der Waals surface area contributed by atoms with Crippen molar-refractivity contribution >= 4 is 5.97 Å². The van der Waals surface area contributed by atoms with Crippen molar-refractivity contribution in [1.82, 2.24) is 14.7 Å². The molecule has 5 heteroatoms. The summed E-state index contributed by atoms with van der Waals surface area (Å²) in [6, 6.07) is 1.80. The van der Waals surface area contributed by atoms with E-state index in [1.807, 2.05) is 0 Å². The van der Waals surface area contributed by atoms with Crippen LogP contribution < -0.4 is 0 Å². The molecule has 0 saturated carbocycles. The van der Waals surface area contributed by atoms with E-state index in [-0.39, 0.29) is 6.04 Å². The second-order valence-electron chi connectivity index (χ2n) is 4.13. The van der Waals surface area contributed by atoms with E-state index in [9.17, 15) is 4.79 Å². The van der Waals surface area contributed by atoms with Gasteiger partial charge < -0.3 is 10.0 Å². The number of nitrogens with zero attached hydrogens (tertiary/aromatic N) is 3. The summed E-state index contributed by atoms with van der Waals surface area (Å²) in [6.07, 6.45) is 3.53. The Morgan fingerprint density at radius 2 is 2.25 bits per heavy atom. The number of carboxylic acid groups (broad SMARTS) is 1. The van der Waals surface area contributed by atoms with Gasteiger partial charge in [0.1, 0.15) is 5.69 Å². The van der Waals surface area contributed by atoms with Gasteiger partial charge in [-0.2, -0.15) is 5.10 Å². The second kappa shape index (κ2) is 4.65. The van der Waals surface area contributed by atoms with Crippen molar-refractivity contribution in [2.45, 2.75) is 25.8 Å². The van der Waals surface area contributed by atoms with E-state index in [4.69, 9.17) is 5.11 Å². The average molecular weight is 223 g/mol. The fourth-order valence-corrected chi connectivity index (χ4v) is 2.25. The Labute approximate surface area is 94.7 Å². The van der Waals surface area contributed by atoms with Crippen LogP contribution in [0.4, 0.5) is 0 Å². The SMILES string of the molecule is CCN1CCC(n2nccc2C(=O)O)CC1. The molecule has 1 aromatic rings. The van der Waals surface area contributed by atoms with E-state index < -0.39 is 5.97 Å².